The summed E-state index contributed by atoms with van der Waals surface area (Å²) < 4.78 is 1.07. The van der Waals surface area contributed by atoms with Gasteiger partial charge in [-0.25, -0.2) is 9.78 Å². The highest BCUT2D eigenvalue weighted by Crippen LogP contribution is 2.28. The van der Waals surface area contributed by atoms with Gasteiger partial charge in [0.15, 0.2) is 5.13 Å². The van der Waals surface area contributed by atoms with Crippen molar-refractivity contribution >= 4 is 38.6 Å². The molecule has 1 aromatic heterocycles. The number of anilines is 1. The summed E-state index contributed by atoms with van der Waals surface area (Å²) in [5.74, 6) is -0.238. The van der Waals surface area contributed by atoms with Gasteiger partial charge in [-0.05, 0) is 37.5 Å². The standard InChI is InChI=1S/C17H22N4O2S/c1-11-6-7-13-14(9-11)24-16(18-13)19-15(22)12-5-4-8-21(10-12)17(23)20(2)3/h6-7,9,12H,4-5,8,10H2,1-3H3,(H,18,19,22). The second-order valence-electron chi connectivity index (χ2n) is 6.44. The van der Waals surface area contributed by atoms with E-state index in [4.69, 9.17) is 0 Å². The molecule has 1 aliphatic heterocycles. The Morgan fingerprint density at radius 3 is 2.92 bits per heavy atom. The number of rotatable bonds is 2. The van der Waals surface area contributed by atoms with Crippen LogP contribution in [0, 0.1) is 12.8 Å². The molecule has 1 unspecified atom stereocenters. The van der Waals surface area contributed by atoms with Gasteiger partial charge in [0.05, 0.1) is 16.1 Å². The summed E-state index contributed by atoms with van der Waals surface area (Å²) in [5, 5.41) is 3.55. The Balaban J connectivity index is 1.68. The minimum Gasteiger partial charge on any atom is -0.331 e. The van der Waals surface area contributed by atoms with Crippen LogP contribution in [0.1, 0.15) is 18.4 Å². The molecular formula is C17H22N4O2S. The summed E-state index contributed by atoms with van der Waals surface area (Å²) in [6, 6.07) is 6.01. The maximum absolute atomic E-state index is 12.6. The monoisotopic (exact) mass is 346 g/mol. The van der Waals surface area contributed by atoms with Crippen molar-refractivity contribution in [2.75, 3.05) is 32.5 Å². The number of aryl methyl sites for hydroxylation is 1. The number of hydrogen-bond donors (Lipinski definition) is 1. The molecule has 1 atom stereocenters. The highest BCUT2D eigenvalue weighted by Gasteiger charge is 2.29. The molecule has 2 heterocycles. The van der Waals surface area contributed by atoms with Gasteiger partial charge in [0.2, 0.25) is 5.91 Å². The van der Waals surface area contributed by atoms with Crippen LogP contribution in [0.2, 0.25) is 0 Å². The number of piperidine rings is 1. The minimum atomic E-state index is -0.184. The summed E-state index contributed by atoms with van der Waals surface area (Å²) in [5.41, 5.74) is 2.07. The first-order chi connectivity index (χ1) is 11.4. The van der Waals surface area contributed by atoms with Crippen LogP contribution in [-0.2, 0) is 4.79 Å². The lowest BCUT2D eigenvalue weighted by Crippen LogP contribution is -2.47. The molecule has 128 valence electrons. The predicted molar refractivity (Wildman–Crippen MR) is 96.4 cm³/mol. The molecule has 1 fully saturated rings. The van der Waals surface area contributed by atoms with Gasteiger partial charge in [0.25, 0.3) is 0 Å². The maximum atomic E-state index is 12.6. The first kappa shape index (κ1) is 16.7. The zero-order valence-corrected chi connectivity index (χ0v) is 15.0. The Kier molecular flexibility index (Phi) is 4.71. The van der Waals surface area contributed by atoms with E-state index >= 15 is 0 Å². The Morgan fingerprint density at radius 2 is 2.17 bits per heavy atom. The quantitative estimate of drug-likeness (QED) is 0.909. The molecule has 0 bridgehead atoms. The number of nitrogens with one attached hydrogen (secondary N) is 1. The number of thiazole rings is 1. The van der Waals surface area contributed by atoms with Crippen molar-refractivity contribution in [1.82, 2.24) is 14.8 Å². The van der Waals surface area contributed by atoms with Crippen molar-refractivity contribution in [3.8, 4) is 0 Å². The lowest BCUT2D eigenvalue weighted by Gasteiger charge is -2.33. The Morgan fingerprint density at radius 1 is 1.38 bits per heavy atom. The first-order valence-electron chi connectivity index (χ1n) is 8.08. The van der Waals surface area contributed by atoms with E-state index in [2.05, 4.69) is 16.4 Å². The van der Waals surface area contributed by atoms with E-state index in [9.17, 15) is 9.59 Å². The van der Waals surface area contributed by atoms with Gasteiger partial charge in [-0.1, -0.05) is 17.4 Å². The Labute approximate surface area is 145 Å². The number of aromatic nitrogens is 1. The van der Waals surface area contributed by atoms with E-state index < -0.39 is 0 Å². The van der Waals surface area contributed by atoms with E-state index in [1.165, 1.54) is 16.9 Å². The molecule has 7 heteroatoms. The zero-order valence-electron chi connectivity index (χ0n) is 14.2. The molecule has 0 aliphatic carbocycles. The highest BCUT2D eigenvalue weighted by molar-refractivity contribution is 7.22. The normalized spacial score (nSPS) is 17.8. The van der Waals surface area contributed by atoms with Crippen LogP contribution in [0.25, 0.3) is 10.2 Å². The third-order valence-electron chi connectivity index (χ3n) is 4.22. The highest BCUT2D eigenvalue weighted by atomic mass is 32.1. The predicted octanol–water partition coefficient (Wildman–Crippen LogP) is 2.94. The van der Waals surface area contributed by atoms with E-state index in [1.54, 1.807) is 23.9 Å². The van der Waals surface area contributed by atoms with Crippen molar-refractivity contribution in [2.45, 2.75) is 19.8 Å². The van der Waals surface area contributed by atoms with Crippen molar-refractivity contribution in [3.05, 3.63) is 23.8 Å². The molecule has 1 aliphatic rings. The maximum Gasteiger partial charge on any atom is 0.319 e. The zero-order chi connectivity index (χ0) is 17.3. The van der Waals surface area contributed by atoms with Crippen LogP contribution in [0.15, 0.2) is 18.2 Å². The number of urea groups is 1. The van der Waals surface area contributed by atoms with E-state index in [0.717, 1.165) is 23.1 Å². The molecule has 0 spiro atoms. The number of carbonyl (C=O) groups excluding carboxylic acids is 2. The fourth-order valence-electron chi connectivity index (χ4n) is 2.94. The number of carbonyl (C=O) groups is 2. The van der Waals surface area contributed by atoms with Crippen molar-refractivity contribution in [1.29, 1.82) is 0 Å². The van der Waals surface area contributed by atoms with Crippen molar-refractivity contribution in [3.63, 3.8) is 0 Å². The van der Waals surface area contributed by atoms with Gasteiger partial charge in [0.1, 0.15) is 0 Å². The molecule has 2 aromatic rings. The summed E-state index contributed by atoms with van der Waals surface area (Å²) in [6.07, 6.45) is 1.64. The number of nitrogens with zero attached hydrogens (tertiary/aromatic N) is 3. The number of benzene rings is 1. The lowest BCUT2D eigenvalue weighted by molar-refractivity contribution is -0.121. The average molecular weight is 346 g/mol. The third-order valence-corrected chi connectivity index (χ3v) is 5.15. The first-order valence-corrected chi connectivity index (χ1v) is 8.90. The summed E-state index contributed by atoms with van der Waals surface area (Å²) in [4.78, 5) is 32.4. The van der Waals surface area contributed by atoms with E-state index in [1.807, 2.05) is 19.1 Å². The van der Waals surface area contributed by atoms with Crippen LogP contribution >= 0.6 is 11.3 Å². The Hall–Kier alpha value is -2.15. The van der Waals surface area contributed by atoms with Crippen molar-refractivity contribution in [2.24, 2.45) is 5.92 Å². The minimum absolute atomic E-state index is 0.0389. The van der Waals surface area contributed by atoms with Gasteiger partial charge >= 0.3 is 6.03 Å². The van der Waals surface area contributed by atoms with Gasteiger partial charge in [-0.2, -0.15) is 0 Å². The van der Waals surface area contributed by atoms with Gasteiger partial charge in [-0.15, -0.1) is 0 Å². The topological polar surface area (TPSA) is 65.5 Å². The molecule has 0 saturated carbocycles. The molecule has 0 radical (unpaired) electrons. The summed E-state index contributed by atoms with van der Waals surface area (Å²) >= 11 is 1.48. The van der Waals surface area contributed by atoms with Crippen molar-refractivity contribution < 1.29 is 9.59 Å². The van der Waals surface area contributed by atoms with Crippen LogP contribution in [0.3, 0.4) is 0 Å². The summed E-state index contributed by atoms with van der Waals surface area (Å²) in [6.45, 7) is 3.21. The fraction of sp³-hybridized carbons (Fsp3) is 0.471. The summed E-state index contributed by atoms with van der Waals surface area (Å²) in [7, 11) is 3.46. The van der Waals surface area contributed by atoms with Gasteiger partial charge in [-0.3, -0.25) is 4.79 Å². The number of amides is 3. The average Bonchev–Trinajstić information content (AvgIpc) is 2.95. The second-order valence-corrected chi connectivity index (χ2v) is 7.47. The number of likely N-dealkylation sites (tertiary alicyclic amines) is 1. The molecule has 1 N–H and O–H groups in total. The molecule has 24 heavy (non-hydrogen) atoms. The Bertz CT molecular complexity index is 771. The van der Waals surface area contributed by atoms with E-state index in [0.29, 0.717) is 18.2 Å². The molecule has 1 saturated heterocycles. The molecule has 1 aromatic carbocycles. The molecule has 3 amide bonds. The van der Waals surface area contributed by atoms with Crippen LogP contribution in [0.5, 0.6) is 0 Å². The lowest BCUT2D eigenvalue weighted by atomic mass is 9.97. The van der Waals surface area contributed by atoms with Gasteiger partial charge in [0, 0.05) is 27.2 Å². The third kappa shape index (κ3) is 3.51. The SMILES string of the molecule is Cc1ccc2nc(NC(=O)C3CCCN(C(=O)N(C)C)C3)sc2c1. The molecule has 6 nitrogen and oxygen atoms in total. The molecule has 3 rings (SSSR count). The largest absolute Gasteiger partial charge is 0.331 e. The van der Waals surface area contributed by atoms with Gasteiger partial charge < -0.3 is 15.1 Å². The fourth-order valence-corrected chi connectivity index (χ4v) is 3.91. The number of fused-ring (bicyclic) bond motifs is 1. The smallest absolute Gasteiger partial charge is 0.319 e. The van der Waals surface area contributed by atoms with Crippen LogP contribution in [-0.4, -0.2) is 53.9 Å². The van der Waals surface area contributed by atoms with Crippen LogP contribution < -0.4 is 5.32 Å². The number of hydrogen-bond acceptors (Lipinski definition) is 4. The van der Waals surface area contributed by atoms with Crippen LogP contribution in [0.4, 0.5) is 9.93 Å². The van der Waals surface area contributed by atoms with E-state index in [-0.39, 0.29) is 17.9 Å². The molecular weight excluding hydrogens is 324 g/mol. The second kappa shape index (κ2) is 6.76.